The highest BCUT2D eigenvalue weighted by molar-refractivity contribution is 7.80. The summed E-state index contributed by atoms with van der Waals surface area (Å²) >= 11 is 5.55. The molecule has 1 aliphatic rings. The number of rotatable bonds is 7. The van der Waals surface area contributed by atoms with Crippen molar-refractivity contribution >= 4 is 23.0 Å². The standard InChI is InChI=1S/C19H32N4S/c1-21(2)13-9-12-20-19(24)22(3)16-17-10-5-6-11-18(17)23-14-7-4-8-15-23/h5-6,10-11H,4,7-9,12-16H2,1-3H3,(H,20,24)/p+1. The lowest BCUT2D eigenvalue weighted by Crippen LogP contribution is -3.05. The molecule has 0 amide bonds. The molecule has 134 valence electrons. The summed E-state index contributed by atoms with van der Waals surface area (Å²) in [5.74, 6) is 0. The zero-order chi connectivity index (χ0) is 17.4. The van der Waals surface area contributed by atoms with Crippen LogP contribution in [0.25, 0.3) is 0 Å². The molecule has 1 aliphatic heterocycles. The Morgan fingerprint density at radius 3 is 2.62 bits per heavy atom. The lowest BCUT2D eigenvalue weighted by atomic mass is 10.1. The van der Waals surface area contributed by atoms with Crippen LogP contribution in [0.5, 0.6) is 0 Å². The molecule has 5 heteroatoms. The topological polar surface area (TPSA) is 22.9 Å². The Balaban J connectivity index is 1.88. The van der Waals surface area contributed by atoms with Gasteiger partial charge >= 0.3 is 0 Å². The van der Waals surface area contributed by atoms with E-state index in [9.17, 15) is 0 Å². The maximum Gasteiger partial charge on any atom is 0.168 e. The molecule has 0 saturated carbocycles. The van der Waals surface area contributed by atoms with Gasteiger partial charge in [-0.1, -0.05) is 18.2 Å². The van der Waals surface area contributed by atoms with Gasteiger partial charge in [0.1, 0.15) is 0 Å². The van der Waals surface area contributed by atoms with Crippen LogP contribution in [0.15, 0.2) is 24.3 Å². The second-order valence-corrected chi connectivity index (χ2v) is 7.46. The van der Waals surface area contributed by atoms with E-state index in [1.54, 1.807) is 0 Å². The summed E-state index contributed by atoms with van der Waals surface area (Å²) in [7, 11) is 6.45. The number of para-hydroxylation sites is 1. The SMILES string of the molecule is CN(Cc1ccccc1N1CCCCC1)C(=S)NCCC[NH+](C)C. The van der Waals surface area contributed by atoms with E-state index in [1.807, 2.05) is 0 Å². The quantitative estimate of drug-likeness (QED) is 0.575. The fourth-order valence-electron chi connectivity index (χ4n) is 3.19. The van der Waals surface area contributed by atoms with Gasteiger partial charge in [0.25, 0.3) is 0 Å². The molecule has 1 fully saturated rings. The molecule has 24 heavy (non-hydrogen) atoms. The van der Waals surface area contributed by atoms with Crippen LogP contribution >= 0.6 is 12.2 Å². The number of quaternary nitrogens is 1. The van der Waals surface area contributed by atoms with Crippen molar-refractivity contribution in [3.8, 4) is 0 Å². The Bertz CT molecular complexity index is 512. The lowest BCUT2D eigenvalue weighted by molar-refractivity contribution is -0.858. The van der Waals surface area contributed by atoms with Gasteiger partial charge < -0.3 is 20.0 Å². The van der Waals surface area contributed by atoms with Crippen molar-refractivity contribution in [1.29, 1.82) is 0 Å². The second-order valence-electron chi connectivity index (χ2n) is 7.08. The summed E-state index contributed by atoms with van der Waals surface area (Å²) in [6.45, 7) is 5.32. The van der Waals surface area contributed by atoms with Gasteiger partial charge in [0.2, 0.25) is 0 Å². The molecule has 0 bridgehead atoms. The maximum absolute atomic E-state index is 5.55. The molecule has 0 aromatic heterocycles. The van der Waals surface area contributed by atoms with Gasteiger partial charge in [-0.2, -0.15) is 0 Å². The summed E-state index contributed by atoms with van der Waals surface area (Å²) < 4.78 is 0. The first-order valence-electron chi connectivity index (χ1n) is 9.19. The van der Waals surface area contributed by atoms with Crippen molar-refractivity contribution in [1.82, 2.24) is 10.2 Å². The number of benzene rings is 1. The van der Waals surface area contributed by atoms with Gasteiger partial charge in [0.15, 0.2) is 5.11 Å². The van der Waals surface area contributed by atoms with Crippen molar-refractivity contribution in [3.63, 3.8) is 0 Å². The number of hydrogen-bond donors (Lipinski definition) is 2. The zero-order valence-corrected chi connectivity index (χ0v) is 16.3. The molecule has 0 aliphatic carbocycles. The third-order valence-electron chi connectivity index (χ3n) is 4.57. The van der Waals surface area contributed by atoms with Gasteiger partial charge in [-0.15, -0.1) is 0 Å². The Kier molecular flexibility index (Phi) is 7.79. The predicted molar refractivity (Wildman–Crippen MR) is 107 cm³/mol. The first-order valence-corrected chi connectivity index (χ1v) is 9.59. The molecule has 1 saturated heterocycles. The molecule has 0 unspecified atom stereocenters. The third-order valence-corrected chi connectivity index (χ3v) is 5.03. The van der Waals surface area contributed by atoms with Gasteiger partial charge in [-0.05, 0) is 43.1 Å². The fourth-order valence-corrected chi connectivity index (χ4v) is 3.35. The van der Waals surface area contributed by atoms with E-state index in [1.165, 1.54) is 48.5 Å². The largest absolute Gasteiger partial charge is 0.371 e. The first kappa shape index (κ1) is 19.0. The summed E-state index contributed by atoms with van der Waals surface area (Å²) in [6, 6.07) is 8.77. The Hall–Kier alpha value is -1.33. The highest BCUT2D eigenvalue weighted by Crippen LogP contribution is 2.25. The molecule has 4 nitrogen and oxygen atoms in total. The summed E-state index contributed by atoms with van der Waals surface area (Å²) in [4.78, 5) is 6.16. The Morgan fingerprint density at radius 1 is 1.21 bits per heavy atom. The number of thiocarbonyl (C=S) groups is 1. The van der Waals surface area contributed by atoms with Gasteiger partial charge in [-0.3, -0.25) is 0 Å². The van der Waals surface area contributed by atoms with E-state index in [4.69, 9.17) is 12.2 Å². The lowest BCUT2D eigenvalue weighted by Gasteiger charge is -2.32. The monoisotopic (exact) mass is 349 g/mol. The van der Waals surface area contributed by atoms with Crippen molar-refractivity contribution in [3.05, 3.63) is 29.8 Å². The molecule has 1 aromatic carbocycles. The number of hydrogen-bond acceptors (Lipinski definition) is 2. The van der Waals surface area contributed by atoms with Gasteiger partial charge in [0, 0.05) is 45.3 Å². The number of piperidine rings is 1. The van der Waals surface area contributed by atoms with Crippen LogP contribution in [-0.2, 0) is 6.54 Å². The molecule has 2 N–H and O–H groups in total. The van der Waals surface area contributed by atoms with E-state index in [0.717, 1.165) is 31.2 Å². The van der Waals surface area contributed by atoms with E-state index in [2.05, 4.69) is 60.5 Å². The van der Waals surface area contributed by atoms with Crippen molar-refractivity contribution in [2.24, 2.45) is 0 Å². The molecule has 2 rings (SSSR count). The zero-order valence-electron chi connectivity index (χ0n) is 15.5. The van der Waals surface area contributed by atoms with Crippen LogP contribution in [0.2, 0.25) is 0 Å². The summed E-state index contributed by atoms with van der Waals surface area (Å²) in [5.41, 5.74) is 2.74. The minimum Gasteiger partial charge on any atom is -0.371 e. The third kappa shape index (κ3) is 5.95. The van der Waals surface area contributed by atoms with Gasteiger partial charge in [0.05, 0.1) is 20.6 Å². The maximum atomic E-state index is 5.55. The van der Waals surface area contributed by atoms with Crippen LogP contribution in [-0.4, -0.2) is 57.3 Å². The van der Waals surface area contributed by atoms with E-state index in [-0.39, 0.29) is 0 Å². The molecule has 0 atom stereocenters. The van der Waals surface area contributed by atoms with E-state index in [0.29, 0.717) is 0 Å². The Morgan fingerprint density at radius 2 is 1.92 bits per heavy atom. The molecule has 1 aromatic rings. The summed E-state index contributed by atoms with van der Waals surface area (Å²) in [6.07, 6.45) is 5.11. The number of anilines is 1. The molecule has 0 radical (unpaired) electrons. The molecule has 0 spiro atoms. The summed E-state index contributed by atoms with van der Waals surface area (Å²) in [5, 5.41) is 4.23. The minimum atomic E-state index is 0.845. The van der Waals surface area contributed by atoms with Gasteiger partial charge in [-0.25, -0.2) is 0 Å². The van der Waals surface area contributed by atoms with E-state index < -0.39 is 0 Å². The van der Waals surface area contributed by atoms with Crippen LogP contribution in [0.4, 0.5) is 5.69 Å². The molecular formula is C19H33N4S+. The second kappa shape index (κ2) is 9.84. The Labute approximate surface area is 152 Å². The number of nitrogens with zero attached hydrogens (tertiary/aromatic N) is 2. The number of nitrogens with one attached hydrogen (secondary N) is 2. The predicted octanol–water partition coefficient (Wildman–Crippen LogP) is 1.52. The average Bonchev–Trinajstić information content (AvgIpc) is 2.59. The van der Waals surface area contributed by atoms with Crippen LogP contribution in [0.1, 0.15) is 31.2 Å². The highest BCUT2D eigenvalue weighted by atomic mass is 32.1. The van der Waals surface area contributed by atoms with Crippen LogP contribution < -0.4 is 15.1 Å². The van der Waals surface area contributed by atoms with E-state index >= 15 is 0 Å². The van der Waals surface area contributed by atoms with Crippen molar-refractivity contribution < 1.29 is 4.90 Å². The highest BCUT2D eigenvalue weighted by Gasteiger charge is 2.15. The van der Waals surface area contributed by atoms with Crippen LogP contribution in [0, 0.1) is 0 Å². The van der Waals surface area contributed by atoms with Crippen molar-refractivity contribution in [2.45, 2.75) is 32.2 Å². The smallest absolute Gasteiger partial charge is 0.168 e. The normalized spacial score (nSPS) is 14.8. The fraction of sp³-hybridized carbons (Fsp3) is 0.632. The minimum absolute atomic E-state index is 0.845. The average molecular weight is 350 g/mol. The molecule has 1 heterocycles. The molecular weight excluding hydrogens is 316 g/mol. The van der Waals surface area contributed by atoms with Crippen molar-refractivity contribution in [2.75, 3.05) is 52.2 Å². The first-order chi connectivity index (χ1) is 11.6. The van der Waals surface area contributed by atoms with Crippen LogP contribution in [0.3, 0.4) is 0 Å².